The Kier molecular flexibility index (Phi) is 7.52. The Morgan fingerprint density at radius 1 is 0.964 bits per heavy atom. The molecule has 0 aliphatic rings. The molecule has 0 aliphatic heterocycles. The third-order valence-corrected chi connectivity index (χ3v) is 4.48. The Balaban J connectivity index is 2.48. The number of thiophene rings is 1. The van der Waals surface area contributed by atoms with E-state index in [1.165, 1.54) is 7.11 Å². The quantitative estimate of drug-likeness (QED) is 0.350. The summed E-state index contributed by atoms with van der Waals surface area (Å²) in [6.07, 6.45) is -1.22. The first-order chi connectivity index (χ1) is 13.5. The van der Waals surface area contributed by atoms with E-state index < -0.39 is 18.2 Å². The van der Waals surface area contributed by atoms with Gasteiger partial charge < -0.3 is 14.2 Å². The van der Waals surface area contributed by atoms with Gasteiger partial charge in [-0.25, -0.2) is 19.4 Å². The zero-order valence-corrected chi connectivity index (χ0v) is 16.3. The number of methoxy groups -OCH3 is 3. The first-order valence-corrected chi connectivity index (χ1v) is 8.87. The highest BCUT2D eigenvalue weighted by molar-refractivity contribution is 7.12. The summed E-state index contributed by atoms with van der Waals surface area (Å²) in [5, 5.41) is 6.32. The monoisotopic (exact) mass is 405 g/mol. The highest BCUT2D eigenvalue weighted by Crippen LogP contribution is 2.33. The molecule has 0 saturated heterocycles. The SMILES string of the molecule is COC(=O)NC(=Nc1c(Cc2ccccc2)csc1C(=O)OC)NC(=O)OC. The molecule has 2 rings (SSSR count). The van der Waals surface area contributed by atoms with Crippen LogP contribution in [0.15, 0.2) is 40.7 Å². The molecule has 28 heavy (non-hydrogen) atoms. The number of amides is 2. The van der Waals surface area contributed by atoms with Crippen LogP contribution in [0.25, 0.3) is 0 Å². The van der Waals surface area contributed by atoms with Crippen LogP contribution in [-0.2, 0) is 20.6 Å². The molecule has 2 amide bonds. The van der Waals surface area contributed by atoms with Crippen molar-refractivity contribution in [3.05, 3.63) is 51.7 Å². The molecule has 2 aromatic rings. The molecule has 9 nitrogen and oxygen atoms in total. The Bertz CT molecular complexity index is 859. The molecule has 0 aliphatic carbocycles. The maximum absolute atomic E-state index is 12.1. The average molecular weight is 405 g/mol. The van der Waals surface area contributed by atoms with Gasteiger partial charge in [0, 0.05) is 6.42 Å². The van der Waals surface area contributed by atoms with Gasteiger partial charge in [0.05, 0.1) is 27.0 Å². The molecular weight excluding hydrogens is 386 g/mol. The summed E-state index contributed by atoms with van der Waals surface area (Å²) < 4.78 is 13.9. The minimum Gasteiger partial charge on any atom is -0.465 e. The highest BCUT2D eigenvalue weighted by Gasteiger charge is 2.21. The smallest absolute Gasteiger partial charge is 0.413 e. The predicted octanol–water partition coefficient (Wildman–Crippen LogP) is 2.83. The van der Waals surface area contributed by atoms with Crippen LogP contribution in [0.3, 0.4) is 0 Å². The summed E-state index contributed by atoms with van der Waals surface area (Å²) >= 11 is 1.15. The van der Waals surface area contributed by atoms with E-state index in [0.717, 1.165) is 31.1 Å². The van der Waals surface area contributed by atoms with Crippen molar-refractivity contribution in [1.29, 1.82) is 0 Å². The predicted molar refractivity (Wildman–Crippen MR) is 103 cm³/mol. The second-order valence-electron chi connectivity index (χ2n) is 5.29. The van der Waals surface area contributed by atoms with Crippen LogP contribution in [-0.4, -0.2) is 45.4 Å². The molecule has 0 spiro atoms. The summed E-state index contributed by atoms with van der Waals surface area (Å²) in [6.45, 7) is 0. The number of ether oxygens (including phenoxy) is 3. The number of nitrogens with one attached hydrogen (secondary N) is 2. The van der Waals surface area contributed by atoms with Gasteiger partial charge in [0.15, 0.2) is 0 Å². The molecular formula is C18H19N3O6S. The van der Waals surface area contributed by atoms with E-state index in [9.17, 15) is 14.4 Å². The number of nitrogens with zero attached hydrogens (tertiary/aromatic N) is 1. The normalized spacial score (nSPS) is 9.82. The largest absolute Gasteiger partial charge is 0.465 e. The first kappa shape index (κ1) is 20.9. The van der Waals surface area contributed by atoms with Gasteiger partial charge in [-0.3, -0.25) is 10.6 Å². The van der Waals surface area contributed by atoms with Gasteiger partial charge in [-0.2, -0.15) is 0 Å². The summed E-state index contributed by atoms with van der Waals surface area (Å²) in [7, 11) is 3.58. The molecule has 0 bridgehead atoms. The number of guanidine groups is 1. The minimum atomic E-state index is -0.852. The number of carbonyl (C=O) groups excluding carboxylic acids is 3. The molecule has 0 atom stereocenters. The zero-order valence-electron chi connectivity index (χ0n) is 15.5. The fourth-order valence-electron chi connectivity index (χ4n) is 2.18. The van der Waals surface area contributed by atoms with E-state index >= 15 is 0 Å². The van der Waals surface area contributed by atoms with Gasteiger partial charge in [0.2, 0.25) is 5.96 Å². The Morgan fingerprint density at radius 3 is 2.11 bits per heavy atom. The topological polar surface area (TPSA) is 115 Å². The second kappa shape index (κ2) is 10.1. The molecule has 10 heteroatoms. The third-order valence-electron chi connectivity index (χ3n) is 3.48. The van der Waals surface area contributed by atoms with Gasteiger partial charge in [-0.05, 0) is 16.5 Å². The van der Waals surface area contributed by atoms with Crippen LogP contribution < -0.4 is 10.6 Å². The maximum Gasteiger partial charge on any atom is 0.413 e. The molecule has 0 saturated carbocycles. The number of benzene rings is 1. The molecule has 1 aromatic carbocycles. The fraction of sp³-hybridized carbons (Fsp3) is 0.222. The van der Waals surface area contributed by atoms with Crippen molar-refractivity contribution in [2.45, 2.75) is 6.42 Å². The van der Waals surface area contributed by atoms with E-state index in [1.807, 2.05) is 30.3 Å². The lowest BCUT2D eigenvalue weighted by Gasteiger charge is -2.10. The number of rotatable bonds is 4. The lowest BCUT2D eigenvalue weighted by Crippen LogP contribution is -2.43. The maximum atomic E-state index is 12.1. The van der Waals surface area contributed by atoms with E-state index in [1.54, 1.807) is 5.38 Å². The van der Waals surface area contributed by atoms with Crippen molar-refractivity contribution in [2.24, 2.45) is 4.99 Å². The van der Waals surface area contributed by atoms with Crippen LogP contribution in [0.4, 0.5) is 15.3 Å². The highest BCUT2D eigenvalue weighted by atomic mass is 32.1. The van der Waals surface area contributed by atoms with Gasteiger partial charge in [0.25, 0.3) is 0 Å². The van der Waals surface area contributed by atoms with Crippen molar-refractivity contribution < 1.29 is 28.6 Å². The van der Waals surface area contributed by atoms with Crippen molar-refractivity contribution in [3.8, 4) is 0 Å². The van der Waals surface area contributed by atoms with E-state index in [2.05, 4.69) is 25.1 Å². The average Bonchev–Trinajstić information content (AvgIpc) is 3.09. The minimum absolute atomic E-state index is 0.226. The van der Waals surface area contributed by atoms with Crippen molar-refractivity contribution >= 4 is 41.1 Å². The number of alkyl carbamates (subject to hydrolysis) is 2. The van der Waals surface area contributed by atoms with Crippen molar-refractivity contribution in [3.63, 3.8) is 0 Å². The third kappa shape index (κ3) is 5.55. The summed E-state index contributed by atoms with van der Waals surface area (Å²) in [5.41, 5.74) is 1.98. The van der Waals surface area contributed by atoms with Crippen LogP contribution in [0.5, 0.6) is 0 Å². The first-order valence-electron chi connectivity index (χ1n) is 7.99. The molecule has 148 valence electrons. The number of carbonyl (C=O) groups is 3. The Labute approximate surface area is 165 Å². The van der Waals surface area contributed by atoms with Gasteiger partial charge in [-0.15, -0.1) is 11.3 Å². The fourth-order valence-corrected chi connectivity index (χ4v) is 3.11. The molecule has 0 radical (unpaired) electrons. The van der Waals surface area contributed by atoms with Gasteiger partial charge in [0.1, 0.15) is 4.88 Å². The lowest BCUT2D eigenvalue weighted by atomic mass is 10.1. The van der Waals surface area contributed by atoms with Crippen LogP contribution in [0.1, 0.15) is 20.8 Å². The summed E-state index contributed by atoms with van der Waals surface area (Å²) in [5.74, 6) is -0.838. The molecule has 2 N–H and O–H groups in total. The molecule has 1 aromatic heterocycles. The van der Waals surface area contributed by atoms with Gasteiger partial charge >= 0.3 is 18.2 Å². The second-order valence-corrected chi connectivity index (χ2v) is 6.17. The van der Waals surface area contributed by atoms with Gasteiger partial charge in [-0.1, -0.05) is 30.3 Å². The Hall–Kier alpha value is -3.40. The van der Waals surface area contributed by atoms with Crippen molar-refractivity contribution in [1.82, 2.24) is 10.6 Å². The molecule has 0 fully saturated rings. The van der Waals surface area contributed by atoms with Crippen LogP contribution in [0, 0.1) is 0 Å². The van der Waals surface area contributed by atoms with E-state index in [0.29, 0.717) is 12.0 Å². The van der Waals surface area contributed by atoms with Crippen LogP contribution >= 0.6 is 11.3 Å². The summed E-state index contributed by atoms with van der Waals surface area (Å²) in [4.78, 5) is 39.8. The van der Waals surface area contributed by atoms with E-state index in [-0.39, 0.29) is 16.5 Å². The Morgan fingerprint density at radius 2 is 1.57 bits per heavy atom. The summed E-state index contributed by atoms with van der Waals surface area (Å²) in [6, 6.07) is 9.56. The van der Waals surface area contributed by atoms with Crippen LogP contribution in [0.2, 0.25) is 0 Å². The molecule has 1 heterocycles. The molecule has 0 unspecified atom stereocenters. The van der Waals surface area contributed by atoms with Crippen molar-refractivity contribution in [2.75, 3.05) is 21.3 Å². The lowest BCUT2D eigenvalue weighted by molar-refractivity contribution is 0.0607. The number of hydrogen-bond acceptors (Lipinski definition) is 8. The number of esters is 1. The zero-order chi connectivity index (χ0) is 20.5. The number of aliphatic imine (C=N–C) groups is 1. The standard InChI is InChI=1S/C18H19N3O6S/c1-25-15(22)14-13(12(10-28-14)9-11-7-5-4-6-8-11)19-16(20-17(23)26-2)21-18(24)27-3/h4-8,10H,9H2,1-3H3,(H2,19,20,21,23,24). The van der Waals surface area contributed by atoms with E-state index in [4.69, 9.17) is 4.74 Å². The number of hydrogen-bond donors (Lipinski definition) is 2.